The van der Waals surface area contributed by atoms with Crippen molar-refractivity contribution in [3.63, 3.8) is 0 Å². The molecule has 1 heterocycles. The highest BCUT2D eigenvalue weighted by Crippen LogP contribution is 2.12. The fraction of sp³-hybridized carbons (Fsp3) is 0.435. The first-order valence-corrected chi connectivity index (χ1v) is 9.51. The van der Waals surface area contributed by atoms with Gasteiger partial charge in [0.25, 0.3) is 0 Å². The van der Waals surface area contributed by atoms with Crippen LogP contribution in [0, 0.1) is 11.8 Å². The summed E-state index contributed by atoms with van der Waals surface area (Å²) in [7, 11) is 0. The van der Waals surface area contributed by atoms with Gasteiger partial charge in [-0.25, -0.2) is 4.98 Å². The standard InChI is InChI=1S/C23H29NO/c1-3-5-6-7-8-9-21-11-15-22(24-19-21)14-10-20-12-16-23(17-13-20)25-18-4-2/h11-13,15-17,19H,3-9,18H2,1-2H3. The molecule has 132 valence electrons. The minimum absolute atomic E-state index is 0.750. The molecule has 0 atom stereocenters. The third-order valence-electron chi connectivity index (χ3n) is 4.06. The molecule has 2 aromatic rings. The van der Waals surface area contributed by atoms with Crippen molar-refractivity contribution in [3.05, 3.63) is 59.4 Å². The zero-order valence-corrected chi connectivity index (χ0v) is 15.6. The largest absolute Gasteiger partial charge is 0.494 e. The summed E-state index contributed by atoms with van der Waals surface area (Å²) in [6, 6.07) is 12.1. The SMILES string of the molecule is CCCCCCCc1ccc(C#Cc2ccc(OCCC)cc2)nc1. The molecule has 0 aliphatic heterocycles. The second-order valence-corrected chi connectivity index (χ2v) is 6.34. The summed E-state index contributed by atoms with van der Waals surface area (Å²) in [6.45, 7) is 5.10. The van der Waals surface area contributed by atoms with Crippen molar-refractivity contribution >= 4 is 0 Å². The minimum atomic E-state index is 0.750. The Balaban J connectivity index is 1.83. The maximum absolute atomic E-state index is 5.58. The van der Waals surface area contributed by atoms with Gasteiger partial charge in [-0.05, 0) is 61.1 Å². The van der Waals surface area contributed by atoms with E-state index in [1.165, 1.54) is 37.7 Å². The first kappa shape index (κ1) is 19.1. The first-order chi connectivity index (χ1) is 12.3. The van der Waals surface area contributed by atoms with E-state index in [1.807, 2.05) is 36.5 Å². The van der Waals surface area contributed by atoms with E-state index in [0.717, 1.165) is 36.5 Å². The van der Waals surface area contributed by atoms with E-state index in [4.69, 9.17) is 4.74 Å². The molecule has 0 amide bonds. The maximum atomic E-state index is 5.58. The van der Waals surface area contributed by atoms with Crippen LogP contribution in [0.5, 0.6) is 5.75 Å². The van der Waals surface area contributed by atoms with Crippen LogP contribution in [0.2, 0.25) is 0 Å². The summed E-state index contributed by atoms with van der Waals surface area (Å²) in [6.07, 6.45) is 10.6. The molecular weight excluding hydrogens is 306 g/mol. The Morgan fingerprint density at radius 2 is 1.64 bits per heavy atom. The summed E-state index contributed by atoms with van der Waals surface area (Å²) in [5.41, 5.74) is 3.10. The lowest BCUT2D eigenvalue weighted by molar-refractivity contribution is 0.317. The summed E-state index contributed by atoms with van der Waals surface area (Å²) in [5, 5.41) is 0. The van der Waals surface area contributed by atoms with Crippen LogP contribution in [-0.2, 0) is 6.42 Å². The molecule has 0 saturated heterocycles. The number of aryl methyl sites for hydroxylation is 1. The summed E-state index contributed by atoms with van der Waals surface area (Å²) >= 11 is 0. The van der Waals surface area contributed by atoms with E-state index in [9.17, 15) is 0 Å². The normalized spacial score (nSPS) is 10.2. The van der Waals surface area contributed by atoms with Gasteiger partial charge in [0, 0.05) is 11.8 Å². The Labute approximate surface area is 152 Å². The van der Waals surface area contributed by atoms with E-state index in [-0.39, 0.29) is 0 Å². The Kier molecular flexibility index (Phi) is 8.63. The third-order valence-corrected chi connectivity index (χ3v) is 4.06. The Bertz CT molecular complexity index is 662. The molecule has 2 heteroatoms. The van der Waals surface area contributed by atoms with E-state index < -0.39 is 0 Å². The van der Waals surface area contributed by atoms with Crippen LogP contribution in [-0.4, -0.2) is 11.6 Å². The monoisotopic (exact) mass is 335 g/mol. The number of rotatable bonds is 9. The van der Waals surface area contributed by atoms with Gasteiger partial charge in [0.15, 0.2) is 0 Å². The van der Waals surface area contributed by atoms with Crippen molar-refractivity contribution in [3.8, 4) is 17.6 Å². The second kappa shape index (κ2) is 11.3. The number of hydrogen-bond donors (Lipinski definition) is 0. The van der Waals surface area contributed by atoms with E-state index in [2.05, 4.69) is 36.7 Å². The molecule has 0 saturated carbocycles. The molecule has 2 nitrogen and oxygen atoms in total. The van der Waals surface area contributed by atoms with Crippen LogP contribution in [0.25, 0.3) is 0 Å². The van der Waals surface area contributed by atoms with Crippen molar-refractivity contribution in [2.75, 3.05) is 6.61 Å². The molecule has 0 unspecified atom stereocenters. The van der Waals surface area contributed by atoms with Gasteiger partial charge in [0.05, 0.1) is 6.61 Å². The topological polar surface area (TPSA) is 22.1 Å². The number of ether oxygens (including phenoxy) is 1. The predicted octanol–water partition coefficient (Wildman–Crippen LogP) is 5.78. The van der Waals surface area contributed by atoms with E-state index in [0.29, 0.717) is 0 Å². The fourth-order valence-corrected chi connectivity index (χ4v) is 2.57. The molecule has 0 aliphatic rings. The second-order valence-electron chi connectivity index (χ2n) is 6.34. The van der Waals surface area contributed by atoms with Crippen molar-refractivity contribution in [2.24, 2.45) is 0 Å². The summed E-state index contributed by atoms with van der Waals surface area (Å²) in [4.78, 5) is 4.47. The molecule has 25 heavy (non-hydrogen) atoms. The molecule has 2 rings (SSSR count). The fourth-order valence-electron chi connectivity index (χ4n) is 2.57. The van der Waals surface area contributed by atoms with Gasteiger partial charge in [-0.2, -0.15) is 0 Å². The number of aromatic nitrogens is 1. The molecule has 0 radical (unpaired) electrons. The number of unbranched alkanes of at least 4 members (excludes halogenated alkanes) is 4. The lowest BCUT2D eigenvalue weighted by Crippen LogP contribution is -1.94. The zero-order valence-electron chi connectivity index (χ0n) is 15.6. The lowest BCUT2D eigenvalue weighted by atomic mass is 10.1. The van der Waals surface area contributed by atoms with Crippen molar-refractivity contribution < 1.29 is 4.74 Å². The van der Waals surface area contributed by atoms with E-state index in [1.54, 1.807) is 0 Å². The van der Waals surface area contributed by atoms with Gasteiger partial charge >= 0.3 is 0 Å². The quantitative estimate of drug-likeness (QED) is 0.428. The van der Waals surface area contributed by atoms with Crippen molar-refractivity contribution in [1.29, 1.82) is 0 Å². The Morgan fingerprint density at radius 3 is 2.32 bits per heavy atom. The molecule has 0 N–H and O–H groups in total. The van der Waals surface area contributed by atoms with Gasteiger partial charge in [-0.15, -0.1) is 0 Å². The van der Waals surface area contributed by atoms with Crippen molar-refractivity contribution in [1.82, 2.24) is 4.98 Å². The van der Waals surface area contributed by atoms with Crippen LogP contribution >= 0.6 is 0 Å². The van der Waals surface area contributed by atoms with Crippen LogP contribution in [0.3, 0.4) is 0 Å². The van der Waals surface area contributed by atoms with Gasteiger partial charge in [-0.3, -0.25) is 0 Å². The molecule has 0 bridgehead atoms. The lowest BCUT2D eigenvalue weighted by Gasteiger charge is -2.03. The number of pyridine rings is 1. The smallest absolute Gasteiger partial charge is 0.119 e. The predicted molar refractivity (Wildman–Crippen MR) is 105 cm³/mol. The molecule has 1 aromatic carbocycles. The average Bonchev–Trinajstić information content (AvgIpc) is 2.66. The molecule has 0 fully saturated rings. The highest BCUT2D eigenvalue weighted by atomic mass is 16.5. The number of nitrogens with zero attached hydrogens (tertiary/aromatic N) is 1. The van der Waals surface area contributed by atoms with Gasteiger partial charge < -0.3 is 4.74 Å². The van der Waals surface area contributed by atoms with Crippen molar-refractivity contribution in [2.45, 2.75) is 58.8 Å². The highest BCUT2D eigenvalue weighted by Gasteiger charge is 1.96. The third kappa shape index (κ3) is 7.44. The van der Waals surface area contributed by atoms with Crippen LogP contribution in [0.1, 0.15) is 69.2 Å². The Morgan fingerprint density at radius 1 is 0.840 bits per heavy atom. The molecule has 0 aliphatic carbocycles. The van der Waals surface area contributed by atoms with Crippen LogP contribution in [0.4, 0.5) is 0 Å². The van der Waals surface area contributed by atoms with Crippen LogP contribution in [0.15, 0.2) is 42.6 Å². The van der Waals surface area contributed by atoms with E-state index >= 15 is 0 Å². The highest BCUT2D eigenvalue weighted by molar-refractivity contribution is 5.42. The number of benzene rings is 1. The molecule has 1 aromatic heterocycles. The van der Waals surface area contributed by atoms with Crippen LogP contribution < -0.4 is 4.74 Å². The average molecular weight is 335 g/mol. The Hall–Kier alpha value is -2.27. The minimum Gasteiger partial charge on any atom is -0.494 e. The first-order valence-electron chi connectivity index (χ1n) is 9.51. The summed E-state index contributed by atoms with van der Waals surface area (Å²) < 4.78 is 5.58. The molecular formula is C23H29NO. The van der Waals surface area contributed by atoms with Gasteiger partial charge in [-0.1, -0.05) is 51.5 Å². The van der Waals surface area contributed by atoms with Gasteiger partial charge in [0.1, 0.15) is 11.4 Å². The number of hydrogen-bond acceptors (Lipinski definition) is 2. The molecule has 0 spiro atoms. The zero-order chi connectivity index (χ0) is 17.7. The maximum Gasteiger partial charge on any atom is 0.119 e. The summed E-state index contributed by atoms with van der Waals surface area (Å²) in [5.74, 6) is 7.19. The van der Waals surface area contributed by atoms with Gasteiger partial charge in [0.2, 0.25) is 0 Å².